The van der Waals surface area contributed by atoms with E-state index in [1.54, 1.807) is 35.7 Å². The average Bonchev–Trinajstić information content (AvgIpc) is 3.06. The van der Waals surface area contributed by atoms with Crippen LogP contribution in [0.15, 0.2) is 42.9 Å². The summed E-state index contributed by atoms with van der Waals surface area (Å²) in [5.41, 5.74) is 0.247. The minimum absolute atomic E-state index is 0.0566. The van der Waals surface area contributed by atoms with Gasteiger partial charge in [-0.05, 0) is 24.6 Å². The van der Waals surface area contributed by atoms with Crippen molar-refractivity contribution in [1.82, 2.24) is 14.7 Å². The number of hydrogen-bond donors (Lipinski definition) is 3. The van der Waals surface area contributed by atoms with Gasteiger partial charge in [0.15, 0.2) is 4.96 Å². The maximum Gasteiger partial charge on any atom is 0.193 e. The molecule has 2 heterocycles. The van der Waals surface area contributed by atoms with E-state index in [-0.39, 0.29) is 12.4 Å². The Labute approximate surface area is 126 Å². The van der Waals surface area contributed by atoms with E-state index in [9.17, 15) is 10.2 Å². The van der Waals surface area contributed by atoms with Crippen LogP contribution in [0.3, 0.4) is 0 Å². The fraction of sp³-hybridized carbons (Fsp3) is 0.267. The summed E-state index contributed by atoms with van der Waals surface area (Å²) < 4.78 is 1.98. The Kier molecular flexibility index (Phi) is 3.67. The van der Waals surface area contributed by atoms with E-state index in [0.717, 1.165) is 15.4 Å². The van der Waals surface area contributed by atoms with Crippen molar-refractivity contribution in [2.45, 2.75) is 19.0 Å². The number of benzene rings is 1. The van der Waals surface area contributed by atoms with Gasteiger partial charge < -0.3 is 15.5 Å². The zero-order valence-corrected chi connectivity index (χ0v) is 12.5. The molecule has 2 aromatic heterocycles. The van der Waals surface area contributed by atoms with E-state index in [1.807, 2.05) is 29.8 Å². The summed E-state index contributed by atoms with van der Waals surface area (Å²) in [5, 5.41) is 22.7. The normalized spacial score (nSPS) is 14.4. The van der Waals surface area contributed by atoms with Crippen molar-refractivity contribution >= 4 is 16.3 Å². The van der Waals surface area contributed by atoms with Crippen molar-refractivity contribution in [2.24, 2.45) is 0 Å². The highest BCUT2D eigenvalue weighted by Gasteiger charge is 2.25. The van der Waals surface area contributed by atoms with E-state index < -0.39 is 5.54 Å². The van der Waals surface area contributed by atoms with Crippen molar-refractivity contribution in [1.29, 1.82) is 0 Å². The second kappa shape index (κ2) is 5.48. The molecule has 0 saturated carbocycles. The topological polar surface area (TPSA) is 69.8 Å². The molecule has 3 rings (SSSR count). The van der Waals surface area contributed by atoms with Gasteiger partial charge >= 0.3 is 0 Å². The third-order valence-electron chi connectivity index (χ3n) is 3.59. The maximum absolute atomic E-state index is 9.75. The van der Waals surface area contributed by atoms with Crippen LogP contribution < -0.4 is 5.32 Å². The number of rotatable bonds is 5. The molecule has 0 aliphatic carbocycles. The van der Waals surface area contributed by atoms with E-state index in [4.69, 9.17) is 0 Å². The minimum Gasteiger partial charge on any atom is -0.508 e. The highest BCUT2D eigenvalue weighted by molar-refractivity contribution is 7.17. The van der Waals surface area contributed by atoms with Crippen molar-refractivity contribution in [3.05, 3.63) is 53.3 Å². The Hall–Kier alpha value is -1.89. The number of aliphatic hydroxyl groups is 1. The molecule has 0 amide bonds. The number of aromatic nitrogens is 2. The number of imidazole rings is 1. The predicted molar refractivity (Wildman–Crippen MR) is 82.5 cm³/mol. The summed E-state index contributed by atoms with van der Waals surface area (Å²) in [6.45, 7) is 2.49. The lowest BCUT2D eigenvalue weighted by Gasteiger charge is -2.29. The van der Waals surface area contributed by atoms with Crippen LogP contribution in [-0.2, 0) is 12.1 Å². The summed E-state index contributed by atoms with van der Waals surface area (Å²) in [6, 6.07) is 6.96. The van der Waals surface area contributed by atoms with Gasteiger partial charge in [-0.1, -0.05) is 12.1 Å². The Bertz CT molecular complexity index is 724. The molecule has 0 saturated heterocycles. The summed E-state index contributed by atoms with van der Waals surface area (Å²) in [4.78, 5) is 6.34. The first-order chi connectivity index (χ1) is 10.1. The summed E-state index contributed by atoms with van der Waals surface area (Å²) in [5.74, 6) is 0.198. The summed E-state index contributed by atoms with van der Waals surface area (Å²) >= 11 is 1.61. The van der Waals surface area contributed by atoms with Gasteiger partial charge in [-0.3, -0.25) is 4.40 Å². The number of aliphatic hydroxyl groups excluding tert-OH is 1. The van der Waals surface area contributed by atoms with Crippen LogP contribution in [-0.4, -0.2) is 26.2 Å². The third-order valence-corrected chi connectivity index (χ3v) is 4.60. The minimum atomic E-state index is -0.606. The van der Waals surface area contributed by atoms with Crippen molar-refractivity contribution in [3.63, 3.8) is 0 Å². The highest BCUT2D eigenvalue weighted by atomic mass is 32.1. The first-order valence-electron chi connectivity index (χ1n) is 6.67. The molecular formula is C15H17N3O2S. The second-order valence-electron chi connectivity index (χ2n) is 5.21. The van der Waals surface area contributed by atoms with Gasteiger partial charge in [-0.2, -0.15) is 0 Å². The zero-order chi connectivity index (χ0) is 14.9. The molecule has 110 valence electrons. The maximum atomic E-state index is 9.75. The van der Waals surface area contributed by atoms with Crippen LogP contribution in [0.5, 0.6) is 5.75 Å². The van der Waals surface area contributed by atoms with E-state index in [2.05, 4.69) is 10.3 Å². The number of thiazole rings is 1. The largest absolute Gasteiger partial charge is 0.508 e. The van der Waals surface area contributed by atoms with Crippen LogP contribution in [0.4, 0.5) is 0 Å². The molecule has 1 atom stereocenters. The zero-order valence-electron chi connectivity index (χ0n) is 11.7. The number of nitrogens with one attached hydrogen (secondary N) is 1. The van der Waals surface area contributed by atoms with Gasteiger partial charge in [-0.25, -0.2) is 4.98 Å². The van der Waals surface area contributed by atoms with Crippen LogP contribution in [0.1, 0.15) is 17.4 Å². The van der Waals surface area contributed by atoms with Crippen molar-refractivity contribution < 1.29 is 10.2 Å². The van der Waals surface area contributed by atoms with Gasteiger partial charge in [0, 0.05) is 30.0 Å². The molecule has 1 aromatic carbocycles. The molecular weight excluding hydrogens is 286 g/mol. The van der Waals surface area contributed by atoms with Gasteiger partial charge in [0.05, 0.1) is 12.1 Å². The number of fused-ring (bicyclic) bond motifs is 1. The fourth-order valence-electron chi connectivity index (χ4n) is 2.24. The highest BCUT2D eigenvalue weighted by Crippen LogP contribution is 2.25. The molecule has 5 nitrogen and oxygen atoms in total. The van der Waals surface area contributed by atoms with E-state index in [1.165, 1.54) is 0 Å². The Morgan fingerprint density at radius 1 is 1.43 bits per heavy atom. The lowest BCUT2D eigenvalue weighted by atomic mass is 9.92. The molecule has 0 spiro atoms. The quantitative estimate of drug-likeness (QED) is 0.675. The van der Waals surface area contributed by atoms with E-state index >= 15 is 0 Å². The van der Waals surface area contributed by atoms with Crippen LogP contribution in [0.25, 0.3) is 4.96 Å². The number of phenolic OH excluding ortho intramolecular Hbond substituents is 1. The monoisotopic (exact) mass is 303 g/mol. The van der Waals surface area contributed by atoms with Gasteiger partial charge in [0.25, 0.3) is 0 Å². The molecule has 3 N–H and O–H groups in total. The van der Waals surface area contributed by atoms with Gasteiger partial charge in [0.1, 0.15) is 5.75 Å². The van der Waals surface area contributed by atoms with Crippen LogP contribution >= 0.6 is 11.3 Å². The van der Waals surface area contributed by atoms with Gasteiger partial charge in [0.2, 0.25) is 0 Å². The SMILES string of the molecule is CC(CO)(NCc1cn2ccnc2s1)c1cccc(O)c1. The Balaban J connectivity index is 1.78. The standard InChI is InChI=1S/C15H17N3O2S/c1-15(10-19,11-3-2-4-12(20)7-11)17-8-13-9-18-6-5-16-14(18)21-13/h2-7,9,17,19-20H,8,10H2,1H3. The molecule has 6 heteroatoms. The number of phenols is 1. The first-order valence-corrected chi connectivity index (χ1v) is 7.49. The lowest BCUT2D eigenvalue weighted by Crippen LogP contribution is -2.42. The van der Waals surface area contributed by atoms with E-state index in [0.29, 0.717) is 6.54 Å². The Morgan fingerprint density at radius 2 is 2.29 bits per heavy atom. The molecule has 0 fully saturated rings. The smallest absolute Gasteiger partial charge is 0.193 e. The van der Waals surface area contributed by atoms with Crippen LogP contribution in [0.2, 0.25) is 0 Å². The lowest BCUT2D eigenvalue weighted by molar-refractivity contribution is 0.173. The summed E-state index contributed by atoms with van der Waals surface area (Å²) in [7, 11) is 0. The van der Waals surface area contributed by atoms with Crippen LogP contribution in [0, 0.1) is 0 Å². The molecule has 1 unspecified atom stereocenters. The molecule has 21 heavy (non-hydrogen) atoms. The average molecular weight is 303 g/mol. The first kappa shape index (κ1) is 14.1. The molecule has 0 bridgehead atoms. The molecule has 0 aliphatic heterocycles. The third kappa shape index (κ3) is 2.78. The number of nitrogens with zero attached hydrogens (tertiary/aromatic N) is 2. The number of aromatic hydroxyl groups is 1. The van der Waals surface area contributed by atoms with Crippen molar-refractivity contribution in [2.75, 3.05) is 6.61 Å². The molecule has 0 aliphatic rings. The molecule has 3 aromatic rings. The van der Waals surface area contributed by atoms with Crippen molar-refractivity contribution in [3.8, 4) is 5.75 Å². The number of hydrogen-bond acceptors (Lipinski definition) is 5. The predicted octanol–water partition coefficient (Wildman–Crippen LogP) is 2.10. The van der Waals surface area contributed by atoms with Gasteiger partial charge in [-0.15, -0.1) is 11.3 Å². The summed E-state index contributed by atoms with van der Waals surface area (Å²) in [6.07, 6.45) is 5.71. The fourth-order valence-corrected chi connectivity index (χ4v) is 3.12. The molecule has 0 radical (unpaired) electrons. The second-order valence-corrected chi connectivity index (χ2v) is 6.30. The Morgan fingerprint density at radius 3 is 3.00 bits per heavy atom.